The predicted octanol–water partition coefficient (Wildman–Crippen LogP) is 10.6. The van der Waals surface area contributed by atoms with Crippen molar-refractivity contribution in [1.29, 1.82) is 0 Å². The molecule has 66 heavy (non-hydrogen) atoms. The third-order valence-electron chi connectivity index (χ3n) is 14.6. The molecule has 14 heteroatoms. The molecule has 2 aromatic heterocycles. The van der Waals surface area contributed by atoms with Crippen LogP contribution < -0.4 is 14.4 Å². The van der Waals surface area contributed by atoms with Crippen LogP contribution in [-0.2, 0) is 20.6 Å². The van der Waals surface area contributed by atoms with E-state index in [0.717, 1.165) is 44.6 Å². The maximum absolute atomic E-state index is 18.5. The van der Waals surface area contributed by atoms with Crippen molar-refractivity contribution in [3.05, 3.63) is 52.7 Å². The summed E-state index contributed by atoms with van der Waals surface area (Å²) in [5.74, 6) is 3.61. The van der Waals surface area contributed by atoms with Gasteiger partial charge in [-0.15, -0.1) is 5.54 Å². The first kappa shape index (κ1) is 47.9. The molecular weight excluding hydrogens is 857 g/mol. The van der Waals surface area contributed by atoms with E-state index in [9.17, 15) is 4.79 Å². The number of pyridine rings is 2. The van der Waals surface area contributed by atoms with Gasteiger partial charge in [0, 0.05) is 48.8 Å². The normalized spacial score (nSPS) is 21.0. The van der Waals surface area contributed by atoms with Gasteiger partial charge in [-0.1, -0.05) is 53.5 Å². The van der Waals surface area contributed by atoms with Gasteiger partial charge in [0.2, 0.25) is 5.88 Å². The summed E-state index contributed by atoms with van der Waals surface area (Å²) in [6.45, 7) is 27.4. The molecule has 11 nitrogen and oxygen atoms in total. The number of morpholine rings is 1. The quantitative estimate of drug-likeness (QED) is 0.0821. The van der Waals surface area contributed by atoms with Crippen LogP contribution in [-0.4, -0.2) is 117 Å². The molecule has 3 fully saturated rings. The Labute approximate surface area is 390 Å². The van der Waals surface area contributed by atoms with Crippen molar-refractivity contribution in [3.8, 4) is 34.4 Å². The van der Waals surface area contributed by atoms with Crippen molar-refractivity contribution in [1.82, 2.24) is 19.8 Å². The lowest BCUT2D eigenvalue weighted by Gasteiger charge is -2.48. The van der Waals surface area contributed by atoms with Gasteiger partial charge >= 0.3 is 6.09 Å². The van der Waals surface area contributed by atoms with E-state index in [1.54, 1.807) is 12.1 Å². The van der Waals surface area contributed by atoms with E-state index in [0.29, 0.717) is 87.0 Å². The molecule has 8 rings (SSSR count). The SMILES string of the molecule is COCOc1cc(-c2nc3c4c(nc(CCCN5CCOCC5)c(C)c4c2F)N2C[C@H]4CC[C@@H]([C@H]2[C@H](C)O3)N4C(=O)OC(C)(C)C)c2c(C#C[Si](C(C)C)(C(C)C)C(C)C)c(F)ccc2c1. The van der Waals surface area contributed by atoms with E-state index >= 15 is 8.78 Å². The molecule has 2 aromatic carbocycles. The monoisotopic (exact) mass is 925 g/mol. The number of ether oxygens (including phenoxy) is 5. The van der Waals surface area contributed by atoms with Gasteiger partial charge in [0.15, 0.2) is 12.6 Å². The number of methoxy groups -OCH3 is 1. The van der Waals surface area contributed by atoms with Crippen LogP contribution in [0.15, 0.2) is 24.3 Å². The van der Waals surface area contributed by atoms with Gasteiger partial charge < -0.3 is 28.6 Å². The number of hydrogen-bond donors (Lipinski definition) is 0. The van der Waals surface area contributed by atoms with Gasteiger partial charge in [-0.05, 0) is 113 Å². The topological polar surface area (TPSA) is 98.7 Å². The first-order valence-electron chi connectivity index (χ1n) is 24.0. The molecule has 4 atom stereocenters. The molecule has 2 bridgehead atoms. The average molecular weight is 926 g/mol. The first-order valence-corrected chi connectivity index (χ1v) is 26.3. The number of halogens is 2. The number of rotatable bonds is 11. The molecule has 356 valence electrons. The van der Waals surface area contributed by atoms with Gasteiger partial charge in [-0.25, -0.2) is 23.5 Å². The van der Waals surface area contributed by atoms with Crippen LogP contribution >= 0.6 is 0 Å². The Bertz CT molecular complexity index is 2520. The average Bonchev–Trinajstić information content (AvgIpc) is 3.51. The lowest BCUT2D eigenvalue weighted by atomic mass is 9.94. The Hall–Kier alpha value is -4.55. The number of amides is 1. The molecule has 0 unspecified atom stereocenters. The zero-order valence-electron chi connectivity index (χ0n) is 41.1. The van der Waals surface area contributed by atoms with Crippen molar-refractivity contribution < 1.29 is 37.3 Å². The van der Waals surface area contributed by atoms with Gasteiger partial charge in [-0.2, -0.15) is 0 Å². The largest absolute Gasteiger partial charge is 0.472 e. The highest BCUT2D eigenvalue weighted by molar-refractivity contribution is 6.90. The van der Waals surface area contributed by atoms with E-state index in [4.69, 9.17) is 33.7 Å². The van der Waals surface area contributed by atoms with Gasteiger partial charge in [0.05, 0.1) is 42.3 Å². The minimum atomic E-state index is -2.33. The van der Waals surface area contributed by atoms with E-state index < -0.39 is 31.4 Å². The Morgan fingerprint density at radius 1 is 0.985 bits per heavy atom. The number of carbonyl (C=O) groups excluding carboxylic acids is 1. The summed E-state index contributed by atoms with van der Waals surface area (Å²) in [6.07, 6.45) is 2.15. The van der Waals surface area contributed by atoms with Crippen molar-refractivity contribution in [2.24, 2.45) is 0 Å². The van der Waals surface area contributed by atoms with Gasteiger partial charge in [0.1, 0.15) is 42.9 Å². The maximum atomic E-state index is 18.5. The lowest BCUT2D eigenvalue weighted by molar-refractivity contribution is 0.000943. The lowest BCUT2D eigenvalue weighted by Crippen LogP contribution is -2.65. The molecular formula is C52H69F2N5O6Si. The second kappa shape index (κ2) is 18.9. The highest BCUT2D eigenvalue weighted by Crippen LogP contribution is 2.49. The fourth-order valence-electron chi connectivity index (χ4n) is 11.7. The number of carbonyl (C=O) groups is 1. The van der Waals surface area contributed by atoms with Gasteiger partial charge in [-0.3, -0.25) is 9.80 Å². The van der Waals surface area contributed by atoms with Crippen LogP contribution in [0.4, 0.5) is 19.4 Å². The number of aromatic nitrogens is 2. The number of piperazine rings is 1. The maximum Gasteiger partial charge on any atom is 0.410 e. The number of hydrogen-bond acceptors (Lipinski definition) is 10. The summed E-state index contributed by atoms with van der Waals surface area (Å²) >= 11 is 0. The molecule has 6 heterocycles. The van der Waals surface area contributed by atoms with Crippen molar-refractivity contribution >= 4 is 41.5 Å². The van der Waals surface area contributed by atoms with E-state index in [1.807, 2.05) is 45.6 Å². The Morgan fingerprint density at radius 3 is 2.36 bits per heavy atom. The summed E-state index contributed by atoms with van der Waals surface area (Å²) in [6, 6.07) is 5.95. The molecule has 0 N–H and O–H groups in total. The zero-order chi connectivity index (χ0) is 47.4. The van der Waals surface area contributed by atoms with Crippen LogP contribution in [0.5, 0.6) is 11.6 Å². The number of fused-ring (bicyclic) bond motifs is 6. The molecule has 0 saturated carbocycles. The minimum absolute atomic E-state index is 0.00240. The van der Waals surface area contributed by atoms with Crippen LogP contribution in [0, 0.1) is 30.0 Å². The predicted molar refractivity (Wildman–Crippen MR) is 259 cm³/mol. The van der Waals surface area contributed by atoms with Crippen LogP contribution in [0.1, 0.15) is 105 Å². The van der Waals surface area contributed by atoms with E-state index in [-0.39, 0.29) is 48.1 Å². The molecule has 4 aliphatic rings. The summed E-state index contributed by atoms with van der Waals surface area (Å²) in [7, 11) is -0.796. The fourth-order valence-corrected chi connectivity index (χ4v) is 16.9. The number of aryl methyl sites for hydroxylation is 2. The summed E-state index contributed by atoms with van der Waals surface area (Å²) in [5.41, 5.74) is 6.03. The third kappa shape index (κ3) is 8.74. The fraction of sp³-hybridized carbons (Fsp3) is 0.596. The smallest absolute Gasteiger partial charge is 0.410 e. The Balaban J connectivity index is 1.36. The summed E-state index contributed by atoms with van der Waals surface area (Å²) in [4.78, 5) is 31.0. The standard InChI is InChI=1S/C52H69F2N5O6Si/c1-30(2)66(31(3)4,32(5)6)25-19-38-40(53)17-15-35-26-37(63-29-61-12)27-39(44(35)38)47-46(54)43-33(7)41(14-13-20-57-21-23-62-24-22-57)55-49-45(43)50(56-47)64-34(8)48-42-18-16-36(28-58(48)49)59(42)51(60)65-52(9,10)11/h15,17,26-27,30-32,34,36,42,48H,13-14,16,18,20-24,28-29H2,1-12H3/t34-,36+,42-,48+/m0/s1. The minimum Gasteiger partial charge on any atom is -0.472 e. The summed E-state index contributed by atoms with van der Waals surface area (Å²) < 4.78 is 65.0. The molecule has 4 aliphatic heterocycles. The second-order valence-electron chi connectivity index (χ2n) is 20.7. The molecule has 0 aliphatic carbocycles. The van der Waals surface area contributed by atoms with Gasteiger partial charge in [0.25, 0.3) is 0 Å². The van der Waals surface area contributed by atoms with Crippen molar-refractivity contribution in [2.45, 2.75) is 148 Å². The molecule has 0 spiro atoms. The summed E-state index contributed by atoms with van der Waals surface area (Å²) in [5, 5.41) is 1.94. The number of nitrogens with zero attached hydrogens (tertiary/aromatic N) is 5. The zero-order valence-corrected chi connectivity index (χ0v) is 42.1. The highest BCUT2D eigenvalue weighted by atomic mass is 28.3. The van der Waals surface area contributed by atoms with Crippen LogP contribution in [0.3, 0.4) is 0 Å². The first-order chi connectivity index (χ1) is 31.4. The van der Waals surface area contributed by atoms with Crippen LogP contribution in [0.25, 0.3) is 32.8 Å². The molecule has 3 saturated heterocycles. The molecule has 4 aromatic rings. The van der Waals surface area contributed by atoms with Crippen molar-refractivity contribution in [2.75, 3.05) is 58.2 Å². The second-order valence-corrected chi connectivity index (χ2v) is 26.3. The van der Waals surface area contributed by atoms with Crippen LogP contribution in [0.2, 0.25) is 16.6 Å². The Morgan fingerprint density at radius 2 is 1.70 bits per heavy atom. The van der Waals surface area contributed by atoms with Crippen molar-refractivity contribution in [3.63, 3.8) is 0 Å². The van der Waals surface area contributed by atoms with E-state index in [1.165, 1.54) is 13.2 Å². The molecule has 0 radical (unpaired) electrons. The number of anilines is 1. The Kier molecular flexibility index (Phi) is 13.7. The number of benzene rings is 2. The molecule has 1 amide bonds. The van der Waals surface area contributed by atoms with E-state index in [2.05, 4.69) is 62.8 Å². The third-order valence-corrected chi connectivity index (χ3v) is 20.9. The highest BCUT2D eigenvalue weighted by Gasteiger charge is 2.54.